The summed E-state index contributed by atoms with van der Waals surface area (Å²) in [5.41, 5.74) is 4.23. The van der Waals surface area contributed by atoms with Crippen molar-refractivity contribution >= 4 is 34.5 Å². The van der Waals surface area contributed by atoms with Crippen LogP contribution in [-0.2, 0) is 19.1 Å². The fourth-order valence-corrected chi connectivity index (χ4v) is 1.89. The van der Waals surface area contributed by atoms with Crippen molar-refractivity contribution in [3.05, 3.63) is 32.4 Å². The molecule has 2 N–H and O–H groups in total. The standard InChI is InChI=1S/C9H11I.2C4H8O3/c1-6-4-5-9(10)8(3)7(6)2;2*1-7-3-2-4(5)6/h4-5H,1-3H3;2*2-3H2,1H3,(H,5,6). The normalized spacial score (nSPS) is 9.25. The summed E-state index contributed by atoms with van der Waals surface area (Å²) >= 11 is 2.37. The first kappa shape index (κ1) is 25.1. The fourth-order valence-electron chi connectivity index (χ4n) is 1.30. The molecule has 138 valence electrons. The molecule has 1 aromatic rings. The van der Waals surface area contributed by atoms with Gasteiger partial charge in [-0.25, -0.2) is 0 Å². The molecule has 7 heteroatoms. The van der Waals surface area contributed by atoms with Gasteiger partial charge in [-0.05, 0) is 66.1 Å². The average Bonchev–Trinajstić information content (AvgIpc) is 2.53. The molecule has 0 unspecified atom stereocenters. The van der Waals surface area contributed by atoms with Crippen molar-refractivity contribution < 1.29 is 29.3 Å². The van der Waals surface area contributed by atoms with Crippen molar-refractivity contribution in [1.82, 2.24) is 0 Å². The lowest BCUT2D eigenvalue weighted by molar-refractivity contribution is -0.139. The Morgan fingerprint density at radius 1 is 0.917 bits per heavy atom. The van der Waals surface area contributed by atoms with E-state index in [4.69, 9.17) is 10.2 Å². The molecule has 0 amide bonds. The van der Waals surface area contributed by atoms with Crippen LogP contribution >= 0.6 is 22.6 Å². The van der Waals surface area contributed by atoms with E-state index in [1.54, 1.807) is 0 Å². The van der Waals surface area contributed by atoms with E-state index in [-0.39, 0.29) is 12.8 Å². The molecule has 0 aliphatic heterocycles. The van der Waals surface area contributed by atoms with Crippen LogP contribution < -0.4 is 0 Å². The number of rotatable bonds is 6. The number of hydrogen-bond acceptors (Lipinski definition) is 4. The molecule has 1 rings (SSSR count). The number of hydrogen-bond donors (Lipinski definition) is 2. The first-order chi connectivity index (χ1) is 11.2. The highest BCUT2D eigenvalue weighted by Crippen LogP contribution is 2.17. The molecular weight excluding hydrogens is 427 g/mol. The summed E-state index contributed by atoms with van der Waals surface area (Å²) < 4.78 is 10.3. The van der Waals surface area contributed by atoms with E-state index in [0.717, 1.165) is 0 Å². The number of aryl methyl sites for hydroxylation is 1. The summed E-state index contributed by atoms with van der Waals surface area (Å²) in [5.74, 6) is -1.64. The SMILES string of the molecule is COCCC(=O)O.COCCC(=O)O.Cc1ccc(I)c(C)c1C. The summed E-state index contributed by atoms with van der Waals surface area (Å²) in [5, 5.41) is 15.9. The first-order valence-corrected chi connectivity index (χ1v) is 8.38. The third-order valence-corrected chi connectivity index (χ3v) is 4.20. The van der Waals surface area contributed by atoms with Crippen molar-refractivity contribution in [1.29, 1.82) is 0 Å². The van der Waals surface area contributed by atoms with Crippen LogP contribution in [-0.4, -0.2) is 49.6 Å². The van der Waals surface area contributed by atoms with Gasteiger partial charge in [-0.15, -0.1) is 0 Å². The Bertz CT molecular complexity index is 457. The van der Waals surface area contributed by atoms with Gasteiger partial charge in [0.1, 0.15) is 0 Å². The highest BCUT2D eigenvalue weighted by Gasteiger charge is 1.98. The molecule has 0 saturated carbocycles. The number of aliphatic carboxylic acids is 2. The van der Waals surface area contributed by atoms with Crippen molar-refractivity contribution in [2.45, 2.75) is 33.6 Å². The van der Waals surface area contributed by atoms with E-state index in [1.807, 2.05) is 0 Å². The second-order valence-corrected chi connectivity index (χ2v) is 6.05. The molecule has 0 aliphatic carbocycles. The topological polar surface area (TPSA) is 93.1 Å². The van der Waals surface area contributed by atoms with Crippen LogP contribution in [0.4, 0.5) is 0 Å². The monoisotopic (exact) mass is 454 g/mol. The summed E-state index contributed by atoms with van der Waals surface area (Å²) in [7, 11) is 2.95. The molecule has 0 spiro atoms. The Morgan fingerprint density at radius 2 is 1.33 bits per heavy atom. The number of benzene rings is 1. The molecule has 0 saturated heterocycles. The van der Waals surface area contributed by atoms with Crippen LogP contribution in [0.1, 0.15) is 29.5 Å². The van der Waals surface area contributed by atoms with Crippen molar-refractivity contribution in [3.63, 3.8) is 0 Å². The number of halogens is 1. The highest BCUT2D eigenvalue weighted by atomic mass is 127. The van der Waals surface area contributed by atoms with Crippen molar-refractivity contribution in [2.75, 3.05) is 27.4 Å². The van der Waals surface area contributed by atoms with Gasteiger partial charge in [0.2, 0.25) is 0 Å². The number of methoxy groups -OCH3 is 2. The average molecular weight is 454 g/mol. The number of carboxylic acids is 2. The van der Waals surface area contributed by atoms with Crippen LogP contribution in [0.5, 0.6) is 0 Å². The maximum Gasteiger partial charge on any atom is 0.305 e. The largest absolute Gasteiger partial charge is 0.481 e. The summed E-state index contributed by atoms with van der Waals surface area (Å²) in [6.45, 7) is 7.10. The minimum Gasteiger partial charge on any atom is -0.481 e. The van der Waals surface area contributed by atoms with Gasteiger partial charge in [0.15, 0.2) is 0 Å². The summed E-state index contributed by atoms with van der Waals surface area (Å²) in [6, 6.07) is 4.34. The quantitative estimate of drug-likeness (QED) is 0.640. The van der Waals surface area contributed by atoms with E-state index in [2.05, 4.69) is 65.0 Å². The third kappa shape index (κ3) is 14.4. The third-order valence-electron chi connectivity index (χ3n) is 3.03. The minimum atomic E-state index is -0.818. The van der Waals surface area contributed by atoms with Crippen LogP contribution in [0.2, 0.25) is 0 Å². The van der Waals surface area contributed by atoms with Crippen LogP contribution in [0.3, 0.4) is 0 Å². The molecule has 24 heavy (non-hydrogen) atoms. The van der Waals surface area contributed by atoms with Gasteiger partial charge in [-0.1, -0.05) is 6.07 Å². The van der Waals surface area contributed by atoms with Gasteiger partial charge in [0.25, 0.3) is 0 Å². The Kier molecular flexibility index (Phi) is 16.0. The highest BCUT2D eigenvalue weighted by molar-refractivity contribution is 14.1. The van der Waals surface area contributed by atoms with Crippen LogP contribution in [0.25, 0.3) is 0 Å². The summed E-state index contributed by atoms with van der Waals surface area (Å²) in [6.07, 6.45) is 0.188. The van der Waals surface area contributed by atoms with E-state index in [9.17, 15) is 9.59 Å². The number of carboxylic acid groups (broad SMARTS) is 2. The zero-order chi connectivity index (χ0) is 19.1. The lowest BCUT2D eigenvalue weighted by Crippen LogP contribution is -1.99. The zero-order valence-electron chi connectivity index (χ0n) is 14.9. The molecule has 1 aromatic carbocycles. The number of carbonyl (C=O) groups is 2. The van der Waals surface area contributed by atoms with Gasteiger partial charge in [0, 0.05) is 17.8 Å². The molecule has 0 bridgehead atoms. The second-order valence-electron chi connectivity index (χ2n) is 4.89. The van der Waals surface area contributed by atoms with Gasteiger partial charge < -0.3 is 19.7 Å². The molecule has 0 aromatic heterocycles. The van der Waals surface area contributed by atoms with E-state index >= 15 is 0 Å². The zero-order valence-corrected chi connectivity index (χ0v) is 17.0. The Morgan fingerprint density at radius 3 is 1.58 bits per heavy atom. The Hall–Kier alpha value is -1.19. The van der Waals surface area contributed by atoms with E-state index < -0.39 is 11.9 Å². The first-order valence-electron chi connectivity index (χ1n) is 7.31. The van der Waals surface area contributed by atoms with Crippen LogP contribution in [0.15, 0.2) is 12.1 Å². The van der Waals surface area contributed by atoms with Gasteiger partial charge in [-0.2, -0.15) is 0 Å². The molecular formula is C17H27IO6. The number of ether oxygens (including phenoxy) is 2. The lowest BCUT2D eigenvalue weighted by atomic mass is 10.1. The van der Waals surface area contributed by atoms with E-state index in [1.165, 1.54) is 34.5 Å². The van der Waals surface area contributed by atoms with Gasteiger partial charge >= 0.3 is 11.9 Å². The Balaban J connectivity index is 0. The summed E-state index contributed by atoms with van der Waals surface area (Å²) in [4.78, 5) is 19.4. The second kappa shape index (κ2) is 15.3. The lowest BCUT2D eigenvalue weighted by Gasteiger charge is -2.04. The molecule has 0 fully saturated rings. The van der Waals surface area contributed by atoms with E-state index in [0.29, 0.717) is 13.2 Å². The fraction of sp³-hybridized carbons (Fsp3) is 0.529. The smallest absolute Gasteiger partial charge is 0.305 e. The molecule has 0 atom stereocenters. The van der Waals surface area contributed by atoms with Crippen molar-refractivity contribution in [2.24, 2.45) is 0 Å². The van der Waals surface area contributed by atoms with Crippen molar-refractivity contribution in [3.8, 4) is 0 Å². The maximum atomic E-state index is 9.68. The molecule has 0 radical (unpaired) electrons. The minimum absolute atomic E-state index is 0.0938. The maximum absolute atomic E-state index is 9.68. The molecule has 0 aliphatic rings. The molecule has 6 nitrogen and oxygen atoms in total. The molecule has 0 heterocycles. The van der Waals surface area contributed by atoms with Crippen LogP contribution in [0, 0.1) is 24.3 Å². The Labute approximate surface area is 157 Å². The predicted molar refractivity (Wildman–Crippen MR) is 102 cm³/mol. The van der Waals surface area contributed by atoms with Gasteiger partial charge in [0.05, 0.1) is 26.1 Å². The predicted octanol–water partition coefficient (Wildman–Crippen LogP) is 3.43. The van der Waals surface area contributed by atoms with Gasteiger partial charge in [-0.3, -0.25) is 9.59 Å².